The highest BCUT2D eigenvalue weighted by Crippen LogP contribution is 2.38. The van der Waals surface area contributed by atoms with Crippen molar-refractivity contribution in [2.24, 2.45) is 0 Å². The van der Waals surface area contributed by atoms with Crippen LogP contribution in [0.25, 0.3) is 22.0 Å². The first-order chi connectivity index (χ1) is 14.3. The highest BCUT2D eigenvalue weighted by atomic mass is 16.7. The molecule has 1 atom stereocenters. The average Bonchev–Trinajstić information content (AvgIpc) is 3.39. The Hall–Kier alpha value is -2.15. The van der Waals surface area contributed by atoms with Crippen molar-refractivity contribution >= 4 is 23.4 Å². The van der Waals surface area contributed by atoms with E-state index in [2.05, 4.69) is 81.0 Å². The summed E-state index contributed by atoms with van der Waals surface area (Å²) in [6.07, 6.45) is 4.35. The second kappa shape index (κ2) is 7.77. The van der Waals surface area contributed by atoms with Crippen LogP contribution in [-0.2, 0) is 9.31 Å². The van der Waals surface area contributed by atoms with Gasteiger partial charge in [-0.25, -0.2) is 4.98 Å². The maximum absolute atomic E-state index is 6.34. The number of hydrogen-bond acceptors (Lipinski definition) is 4. The van der Waals surface area contributed by atoms with Crippen LogP contribution in [0.15, 0.2) is 42.6 Å². The van der Waals surface area contributed by atoms with Crippen molar-refractivity contribution in [2.45, 2.75) is 65.2 Å². The lowest BCUT2D eigenvalue weighted by molar-refractivity contribution is 0.00578. The Balaban J connectivity index is 0.00000231. The third-order valence-electron chi connectivity index (χ3n) is 7.18. The normalized spacial score (nSPS) is 22.7. The molecular weight excluding hydrogens is 385 g/mol. The van der Waals surface area contributed by atoms with Gasteiger partial charge in [0.1, 0.15) is 5.82 Å². The van der Waals surface area contributed by atoms with Gasteiger partial charge in [0.05, 0.1) is 29.1 Å². The van der Waals surface area contributed by atoms with Gasteiger partial charge in [-0.05, 0) is 70.4 Å². The van der Waals surface area contributed by atoms with E-state index in [1.54, 1.807) is 0 Å². The number of aromatic nitrogens is 2. The Morgan fingerprint density at radius 3 is 2.39 bits per heavy atom. The van der Waals surface area contributed by atoms with E-state index in [-0.39, 0.29) is 25.7 Å². The lowest BCUT2D eigenvalue weighted by Gasteiger charge is -2.32. The Morgan fingerprint density at radius 1 is 1.03 bits per heavy atom. The van der Waals surface area contributed by atoms with E-state index in [1.807, 2.05) is 6.20 Å². The third kappa shape index (κ3) is 3.61. The molecule has 1 aromatic heterocycles. The highest BCUT2D eigenvalue weighted by Gasteiger charge is 2.52. The molecule has 31 heavy (non-hydrogen) atoms. The summed E-state index contributed by atoms with van der Waals surface area (Å²) in [7, 11) is 1.80. The quantitative estimate of drug-likeness (QED) is 0.612. The predicted octanol–water partition coefficient (Wildman–Crippen LogP) is 4.93. The summed E-state index contributed by atoms with van der Waals surface area (Å²) >= 11 is 0. The molecule has 2 aliphatic heterocycles. The molecule has 0 unspecified atom stereocenters. The van der Waals surface area contributed by atoms with E-state index >= 15 is 0 Å². The Morgan fingerprint density at radius 2 is 1.71 bits per heavy atom. The van der Waals surface area contributed by atoms with Crippen LogP contribution in [0.5, 0.6) is 0 Å². The van der Waals surface area contributed by atoms with Crippen LogP contribution in [0.2, 0.25) is 0 Å². The van der Waals surface area contributed by atoms with Gasteiger partial charge in [0.2, 0.25) is 0 Å². The van der Waals surface area contributed by atoms with Crippen LogP contribution in [0.4, 0.5) is 0 Å². The maximum Gasteiger partial charge on any atom is 0.495 e. The molecule has 2 aromatic carbocycles. The van der Waals surface area contributed by atoms with Crippen molar-refractivity contribution < 1.29 is 9.31 Å². The summed E-state index contributed by atoms with van der Waals surface area (Å²) in [5.74, 6) is 1.06. The first kappa shape index (κ1) is 22.1. The molecule has 0 radical (unpaired) electrons. The number of imidazole rings is 1. The molecule has 2 saturated heterocycles. The van der Waals surface area contributed by atoms with Crippen molar-refractivity contribution in [1.82, 2.24) is 14.9 Å². The largest absolute Gasteiger partial charge is 0.495 e. The molecule has 3 heterocycles. The number of hydrogen-bond donors (Lipinski definition) is 1. The number of benzene rings is 2. The van der Waals surface area contributed by atoms with Crippen LogP contribution in [0, 0.1) is 0 Å². The minimum atomic E-state index is -0.376. The average molecular weight is 419 g/mol. The zero-order chi connectivity index (χ0) is 21.1. The summed E-state index contributed by atoms with van der Waals surface area (Å²) in [4.78, 5) is 10.7. The van der Waals surface area contributed by atoms with E-state index < -0.39 is 0 Å². The number of rotatable bonds is 3. The number of aromatic amines is 1. The van der Waals surface area contributed by atoms with E-state index in [0.717, 1.165) is 40.9 Å². The van der Waals surface area contributed by atoms with Gasteiger partial charge in [0.25, 0.3) is 0 Å². The molecule has 0 aliphatic carbocycles. The number of fused-ring (bicyclic) bond motifs is 1. The van der Waals surface area contributed by atoms with Gasteiger partial charge in [-0.1, -0.05) is 43.8 Å². The highest BCUT2D eigenvalue weighted by molar-refractivity contribution is 6.65. The molecule has 0 amide bonds. The number of nitrogens with one attached hydrogen (secondary N) is 1. The molecule has 5 nitrogen and oxygen atoms in total. The zero-order valence-electron chi connectivity index (χ0n) is 18.5. The van der Waals surface area contributed by atoms with Gasteiger partial charge in [0.15, 0.2) is 0 Å². The Bertz CT molecular complexity index is 1080. The molecule has 0 saturated carbocycles. The van der Waals surface area contributed by atoms with E-state index in [9.17, 15) is 0 Å². The van der Waals surface area contributed by atoms with Gasteiger partial charge >= 0.3 is 7.12 Å². The van der Waals surface area contributed by atoms with Crippen molar-refractivity contribution in [3.8, 4) is 11.3 Å². The SMILES string of the molecule is C.CN1CCC[C@@H]1c1ncc(-c2cccc3c(B4OC(C)(C)C(C)(C)O4)cccc23)[nH]1. The number of H-pyrrole nitrogens is 1. The lowest BCUT2D eigenvalue weighted by atomic mass is 9.75. The molecule has 0 spiro atoms. The lowest BCUT2D eigenvalue weighted by Crippen LogP contribution is -2.41. The summed E-state index contributed by atoms with van der Waals surface area (Å²) < 4.78 is 12.7. The molecule has 5 rings (SSSR count). The second-order valence-corrected chi connectivity index (χ2v) is 9.66. The standard InChI is InChI=1S/C24H30BN3O2.CH4/c1-23(2)24(3,4)30-25(29-23)19-12-7-9-16-17(19)10-6-11-18(16)20-15-26-22(27-20)21-13-8-14-28(21)5;/h6-7,9-12,15,21H,8,13-14H2,1-5H3,(H,26,27);1H4/t21-;/m1./s1. The van der Waals surface area contributed by atoms with E-state index in [1.165, 1.54) is 11.8 Å². The van der Waals surface area contributed by atoms with Crippen molar-refractivity contribution in [1.29, 1.82) is 0 Å². The molecule has 164 valence electrons. The second-order valence-electron chi connectivity index (χ2n) is 9.66. The van der Waals surface area contributed by atoms with Gasteiger partial charge < -0.3 is 14.3 Å². The van der Waals surface area contributed by atoms with Crippen molar-refractivity contribution in [3.05, 3.63) is 48.4 Å². The molecule has 1 N–H and O–H groups in total. The number of likely N-dealkylation sites (tertiary alicyclic amines) is 1. The molecule has 3 aromatic rings. The van der Waals surface area contributed by atoms with Gasteiger partial charge in [-0.3, -0.25) is 4.90 Å². The van der Waals surface area contributed by atoms with Gasteiger partial charge in [-0.15, -0.1) is 0 Å². The maximum atomic E-state index is 6.34. The van der Waals surface area contributed by atoms with Crippen LogP contribution in [0.3, 0.4) is 0 Å². The Kier molecular flexibility index (Phi) is 5.53. The molecule has 2 fully saturated rings. The fraction of sp³-hybridized carbons (Fsp3) is 0.480. The topological polar surface area (TPSA) is 50.4 Å². The molecular formula is C25H34BN3O2. The van der Waals surface area contributed by atoms with E-state index in [4.69, 9.17) is 14.3 Å². The van der Waals surface area contributed by atoms with E-state index in [0.29, 0.717) is 6.04 Å². The Labute approximate surface area is 186 Å². The summed E-state index contributed by atoms with van der Waals surface area (Å²) in [5, 5.41) is 2.34. The molecule has 6 heteroatoms. The zero-order valence-corrected chi connectivity index (χ0v) is 18.5. The third-order valence-corrected chi connectivity index (χ3v) is 7.18. The van der Waals surface area contributed by atoms with Crippen LogP contribution >= 0.6 is 0 Å². The van der Waals surface area contributed by atoms with Crippen LogP contribution in [0.1, 0.15) is 59.8 Å². The smallest absolute Gasteiger partial charge is 0.399 e. The monoisotopic (exact) mass is 419 g/mol. The fourth-order valence-corrected chi connectivity index (χ4v) is 4.64. The van der Waals surface area contributed by atoms with Crippen LogP contribution < -0.4 is 5.46 Å². The number of nitrogens with zero attached hydrogens (tertiary/aromatic N) is 2. The van der Waals surface area contributed by atoms with Gasteiger partial charge in [0, 0.05) is 5.56 Å². The predicted molar refractivity (Wildman–Crippen MR) is 129 cm³/mol. The molecule has 0 bridgehead atoms. The first-order valence-corrected chi connectivity index (χ1v) is 10.9. The molecule has 2 aliphatic rings. The summed E-state index contributed by atoms with van der Waals surface area (Å²) in [6, 6.07) is 13.2. The first-order valence-electron chi connectivity index (χ1n) is 10.9. The minimum Gasteiger partial charge on any atom is -0.399 e. The summed E-state index contributed by atoms with van der Waals surface area (Å²) in [6.45, 7) is 9.50. The minimum absolute atomic E-state index is 0. The van der Waals surface area contributed by atoms with Crippen molar-refractivity contribution in [2.75, 3.05) is 13.6 Å². The fourth-order valence-electron chi connectivity index (χ4n) is 4.64. The van der Waals surface area contributed by atoms with Crippen LogP contribution in [-0.4, -0.2) is 46.8 Å². The van der Waals surface area contributed by atoms with Gasteiger partial charge in [-0.2, -0.15) is 0 Å². The summed E-state index contributed by atoms with van der Waals surface area (Å²) in [5.41, 5.74) is 2.57. The van der Waals surface area contributed by atoms with Crippen molar-refractivity contribution in [3.63, 3.8) is 0 Å².